The van der Waals surface area contributed by atoms with Gasteiger partial charge >= 0.3 is 0 Å². The summed E-state index contributed by atoms with van der Waals surface area (Å²) in [6.07, 6.45) is 0. The van der Waals surface area contributed by atoms with Gasteiger partial charge in [0.1, 0.15) is 5.75 Å². The van der Waals surface area contributed by atoms with Gasteiger partial charge in [0.2, 0.25) is 0 Å². The van der Waals surface area contributed by atoms with Gasteiger partial charge in [-0.2, -0.15) is 0 Å². The summed E-state index contributed by atoms with van der Waals surface area (Å²) in [5, 5.41) is 1.37. The molecule has 0 aromatic heterocycles. The predicted molar refractivity (Wildman–Crippen MR) is 69.8 cm³/mol. The fraction of sp³-hybridized carbons (Fsp3) is 0.400. The second-order valence-corrected chi connectivity index (χ2v) is 5.11. The van der Waals surface area contributed by atoms with Crippen LogP contribution in [0.4, 0.5) is 0 Å². The number of benzene rings is 1. The topological polar surface area (TPSA) is 9.23 Å². The first-order chi connectivity index (χ1) is 6.11. The number of alkyl halides is 1. The van der Waals surface area contributed by atoms with E-state index in [1.54, 1.807) is 7.11 Å². The maximum absolute atomic E-state index is 5.39. The van der Waals surface area contributed by atoms with Crippen molar-refractivity contribution in [3.63, 3.8) is 0 Å². The highest BCUT2D eigenvalue weighted by Crippen LogP contribution is 2.22. The van der Waals surface area contributed by atoms with Crippen LogP contribution < -0.4 is 9.92 Å². The molecule has 1 aromatic rings. The molecule has 0 aliphatic rings. The third-order valence-electron chi connectivity index (χ3n) is 2.48. The van der Waals surface area contributed by atoms with Crippen molar-refractivity contribution in [3.05, 3.63) is 22.8 Å². The van der Waals surface area contributed by atoms with E-state index in [4.69, 9.17) is 4.74 Å². The summed E-state index contributed by atoms with van der Waals surface area (Å²) in [7, 11) is 2.81. The monoisotopic (exact) mass is 306 g/mol. The van der Waals surface area contributed by atoms with Crippen molar-refractivity contribution in [2.75, 3.05) is 7.11 Å². The number of ether oxygens (including phenoxy) is 1. The van der Waals surface area contributed by atoms with E-state index in [9.17, 15) is 0 Å². The molecule has 3 heteroatoms. The van der Waals surface area contributed by atoms with Crippen molar-refractivity contribution >= 4 is 38.0 Å². The molecule has 0 amide bonds. The summed E-state index contributed by atoms with van der Waals surface area (Å²) in [6, 6.07) is 2.28. The fourth-order valence-electron chi connectivity index (χ4n) is 1.59. The Bertz CT molecular complexity index is 323. The SMILES string of the molecule is COc1c([SiH3])cc(CI)c(C)c1C. The van der Waals surface area contributed by atoms with Crippen LogP contribution in [0.25, 0.3) is 0 Å². The Kier molecular flexibility index (Phi) is 3.79. The van der Waals surface area contributed by atoms with Gasteiger partial charge in [0, 0.05) is 14.7 Å². The minimum absolute atomic E-state index is 1.06. The Labute approximate surface area is 96.4 Å². The predicted octanol–water partition coefficient (Wildman–Crippen LogP) is 1.24. The first-order valence-corrected chi connectivity index (χ1v) is 6.84. The third kappa shape index (κ3) is 2.07. The Morgan fingerprint density at radius 1 is 1.38 bits per heavy atom. The van der Waals surface area contributed by atoms with Crippen molar-refractivity contribution in [1.82, 2.24) is 0 Å². The van der Waals surface area contributed by atoms with E-state index in [-0.39, 0.29) is 0 Å². The van der Waals surface area contributed by atoms with Crippen LogP contribution >= 0.6 is 22.6 Å². The zero-order valence-electron chi connectivity index (χ0n) is 8.57. The average Bonchev–Trinajstić information content (AvgIpc) is 2.12. The zero-order chi connectivity index (χ0) is 10.0. The lowest BCUT2D eigenvalue weighted by molar-refractivity contribution is 0.414. The number of halogens is 1. The van der Waals surface area contributed by atoms with E-state index in [1.807, 2.05) is 0 Å². The largest absolute Gasteiger partial charge is 0.497 e. The van der Waals surface area contributed by atoms with Crippen LogP contribution in [-0.4, -0.2) is 17.4 Å². The minimum Gasteiger partial charge on any atom is -0.497 e. The molecule has 13 heavy (non-hydrogen) atoms. The summed E-state index contributed by atoms with van der Waals surface area (Å²) < 4.78 is 6.48. The minimum atomic E-state index is 1.06. The molecule has 0 heterocycles. The molecule has 0 radical (unpaired) electrons. The summed E-state index contributed by atoms with van der Waals surface area (Å²) in [5.41, 5.74) is 4.14. The van der Waals surface area contributed by atoms with Crippen molar-refractivity contribution in [3.8, 4) is 5.75 Å². The van der Waals surface area contributed by atoms with Gasteiger partial charge in [-0.25, -0.2) is 0 Å². The second-order valence-electron chi connectivity index (χ2n) is 3.27. The quantitative estimate of drug-likeness (QED) is 0.454. The summed E-state index contributed by atoms with van der Waals surface area (Å²) in [5.74, 6) is 1.10. The van der Waals surface area contributed by atoms with Crippen molar-refractivity contribution < 1.29 is 4.74 Å². The zero-order valence-corrected chi connectivity index (χ0v) is 12.7. The van der Waals surface area contributed by atoms with E-state index >= 15 is 0 Å². The maximum Gasteiger partial charge on any atom is 0.120 e. The molecule has 0 aliphatic heterocycles. The first-order valence-electron chi connectivity index (χ1n) is 4.31. The molecule has 1 aromatic carbocycles. The summed E-state index contributed by atoms with van der Waals surface area (Å²) >= 11 is 2.41. The highest BCUT2D eigenvalue weighted by molar-refractivity contribution is 14.1. The molecule has 1 rings (SSSR count). The lowest BCUT2D eigenvalue weighted by Crippen LogP contribution is -2.11. The molecule has 72 valence electrons. The van der Waals surface area contributed by atoms with Gasteiger partial charge in [-0.3, -0.25) is 0 Å². The smallest absolute Gasteiger partial charge is 0.120 e. The molecule has 0 unspecified atom stereocenters. The van der Waals surface area contributed by atoms with Gasteiger partial charge in [0.25, 0.3) is 0 Å². The van der Waals surface area contributed by atoms with Gasteiger partial charge in [-0.15, -0.1) is 0 Å². The van der Waals surface area contributed by atoms with Crippen LogP contribution in [0, 0.1) is 13.8 Å². The highest BCUT2D eigenvalue weighted by atomic mass is 127. The Morgan fingerprint density at radius 3 is 2.46 bits per heavy atom. The highest BCUT2D eigenvalue weighted by Gasteiger charge is 2.08. The number of methoxy groups -OCH3 is 1. The Morgan fingerprint density at radius 2 is 2.00 bits per heavy atom. The molecule has 0 saturated heterocycles. The van der Waals surface area contributed by atoms with Gasteiger partial charge < -0.3 is 4.74 Å². The van der Waals surface area contributed by atoms with Crippen LogP contribution in [0.15, 0.2) is 6.07 Å². The maximum atomic E-state index is 5.39. The van der Waals surface area contributed by atoms with Crippen LogP contribution in [0.3, 0.4) is 0 Å². The molecule has 0 aliphatic carbocycles. The third-order valence-corrected chi connectivity index (χ3v) is 4.05. The Hall–Kier alpha value is -0.0331. The molecule has 0 N–H and O–H groups in total. The van der Waals surface area contributed by atoms with Gasteiger partial charge in [-0.1, -0.05) is 28.7 Å². The molecule has 0 spiro atoms. The van der Waals surface area contributed by atoms with E-state index in [0.717, 1.165) is 20.4 Å². The van der Waals surface area contributed by atoms with Crippen LogP contribution in [0.1, 0.15) is 16.7 Å². The molecule has 0 atom stereocenters. The molecular weight excluding hydrogens is 291 g/mol. The van der Waals surface area contributed by atoms with E-state index in [1.165, 1.54) is 21.9 Å². The molecule has 0 saturated carbocycles. The molecule has 1 nitrogen and oxygen atoms in total. The Balaban J connectivity index is 3.37. The van der Waals surface area contributed by atoms with E-state index in [0.29, 0.717) is 0 Å². The van der Waals surface area contributed by atoms with Crippen molar-refractivity contribution in [2.45, 2.75) is 18.3 Å². The lowest BCUT2D eigenvalue weighted by atomic mass is 10.0. The van der Waals surface area contributed by atoms with E-state index < -0.39 is 0 Å². The summed E-state index contributed by atoms with van der Waals surface area (Å²) in [4.78, 5) is 0. The molecule has 0 bridgehead atoms. The normalized spacial score (nSPS) is 10.5. The van der Waals surface area contributed by atoms with Crippen LogP contribution in [-0.2, 0) is 4.43 Å². The average molecular weight is 306 g/mol. The van der Waals surface area contributed by atoms with E-state index in [2.05, 4.69) is 42.5 Å². The van der Waals surface area contributed by atoms with Gasteiger partial charge in [-0.05, 0) is 35.7 Å². The second kappa shape index (κ2) is 4.46. The van der Waals surface area contributed by atoms with Crippen LogP contribution in [0.5, 0.6) is 5.75 Å². The van der Waals surface area contributed by atoms with Crippen molar-refractivity contribution in [1.29, 1.82) is 0 Å². The number of hydrogen-bond acceptors (Lipinski definition) is 1. The molecular formula is C10H15IOSi. The van der Waals surface area contributed by atoms with Gasteiger partial charge in [0.15, 0.2) is 0 Å². The fourth-order valence-corrected chi connectivity index (χ4v) is 3.31. The van der Waals surface area contributed by atoms with Crippen LogP contribution in [0.2, 0.25) is 0 Å². The first kappa shape index (κ1) is 11.0. The lowest BCUT2D eigenvalue weighted by Gasteiger charge is -2.14. The summed E-state index contributed by atoms with van der Waals surface area (Å²) in [6.45, 7) is 4.32. The van der Waals surface area contributed by atoms with Crippen molar-refractivity contribution in [2.24, 2.45) is 0 Å². The number of hydrogen-bond donors (Lipinski definition) is 0. The standard InChI is InChI=1S/C10H15IOSi/c1-6-7(2)10(12-3)9(13)4-8(6)5-11/h4H,5H2,1-3,13H3. The number of rotatable bonds is 2. The molecule has 0 fully saturated rings. The van der Waals surface area contributed by atoms with Gasteiger partial charge in [0.05, 0.1) is 7.11 Å².